The van der Waals surface area contributed by atoms with Gasteiger partial charge in [-0.1, -0.05) is 0 Å². The summed E-state index contributed by atoms with van der Waals surface area (Å²) < 4.78 is 77.2. The maximum absolute atomic E-state index is 8.58. The van der Waals surface area contributed by atoms with Gasteiger partial charge >= 0.3 is 187 Å². The van der Waals surface area contributed by atoms with Crippen molar-refractivity contribution >= 4 is 0 Å². The van der Waals surface area contributed by atoms with Gasteiger partial charge in [0, 0.05) is 0 Å². The summed E-state index contributed by atoms with van der Waals surface area (Å²) in [6.45, 7) is 0. The van der Waals surface area contributed by atoms with Crippen molar-refractivity contribution in [2.24, 2.45) is 0 Å². The zero-order chi connectivity index (χ0) is 10.7. The topological polar surface area (TPSA) is 190 Å². The van der Waals surface area contributed by atoms with Crippen molar-refractivity contribution in [3.8, 4) is 0 Å². The minimum atomic E-state index is -4.08. The van der Waals surface area contributed by atoms with Crippen LogP contribution in [-0.4, -0.2) is 0 Å². The van der Waals surface area contributed by atoms with Gasteiger partial charge in [-0.2, -0.15) is 0 Å². The van der Waals surface area contributed by atoms with Crippen molar-refractivity contribution < 1.29 is 187 Å². The molecule has 0 N–H and O–H groups in total. The maximum atomic E-state index is 8.58. The molecule has 9 nitrogen and oxygen atoms in total. The Morgan fingerprint density at radius 1 is 0.500 bits per heavy atom. The van der Waals surface area contributed by atoms with Crippen LogP contribution in [-0.2, 0) is 65.8 Å². The average Bonchev–Trinajstić information content (AvgIpc) is 1.54. The normalized spacial score (nSPS) is 5.57. The molecule has 0 saturated heterocycles. The molecule has 0 heterocycles. The van der Waals surface area contributed by atoms with Crippen LogP contribution >= 0.6 is 0 Å². The summed E-state index contributed by atoms with van der Waals surface area (Å²) in [6, 6.07) is 0. The summed E-state index contributed by atoms with van der Waals surface area (Å²) in [5.41, 5.74) is 0. The third-order valence-electron chi connectivity index (χ3n) is 0. The summed E-state index contributed by atoms with van der Waals surface area (Å²) in [7, 11) is 0. The van der Waals surface area contributed by atoms with Gasteiger partial charge in [-0.15, -0.1) is 0 Å². The second kappa shape index (κ2) is 26.1. The van der Waals surface area contributed by atoms with Gasteiger partial charge in [0.05, 0.1) is 0 Å². The molecule has 0 aromatic carbocycles. The van der Waals surface area contributed by atoms with Gasteiger partial charge in [-0.3, -0.25) is 0 Å². The Kier molecular flexibility index (Phi) is 58.0. The summed E-state index contributed by atoms with van der Waals surface area (Å²) in [5, 5.41) is 0. The molecule has 80 valence electrons. The van der Waals surface area contributed by atoms with Crippen molar-refractivity contribution in [2.75, 3.05) is 0 Å². The van der Waals surface area contributed by atoms with Gasteiger partial charge in [0.2, 0.25) is 0 Å². The van der Waals surface area contributed by atoms with Crippen LogP contribution in [0.3, 0.4) is 0 Å². The molecule has 0 aromatic heterocycles. The standard InChI is InChI=1S/2Eu.9O.3Ti/q2*+3;;;;6*-1;;;. The predicted octanol–water partition coefficient (Wildman–Crippen LogP) is -7.50. The summed E-state index contributed by atoms with van der Waals surface area (Å²) in [6.07, 6.45) is 0. The first-order valence-corrected chi connectivity index (χ1v) is 7.57. The first-order chi connectivity index (χ1) is 5.20. The second-order valence-corrected chi connectivity index (χ2v) is 3.09. The monoisotopic (exact) mass is 594 g/mol. The molecule has 0 aromatic rings. The number of hydrogen-bond acceptors (Lipinski definition) is 9. The second-order valence-electron chi connectivity index (χ2n) is 0.750. The van der Waals surface area contributed by atoms with Gasteiger partial charge in [0.25, 0.3) is 0 Å². The molecule has 0 aliphatic rings. The molecule has 0 saturated carbocycles. The summed E-state index contributed by atoms with van der Waals surface area (Å²) >= 11 is -12.2. The Morgan fingerprint density at radius 3 is 0.500 bits per heavy atom. The van der Waals surface area contributed by atoms with E-state index in [0.29, 0.717) is 0 Å². The fourth-order valence-electron chi connectivity index (χ4n) is 0. The number of rotatable bonds is 0. The van der Waals surface area contributed by atoms with Gasteiger partial charge in [-0.25, -0.2) is 0 Å². The third-order valence-corrected chi connectivity index (χ3v) is 0. The van der Waals surface area contributed by atoms with E-state index in [2.05, 4.69) is 0 Å². The summed E-state index contributed by atoms with van der Waals surface area (Å²) in [4.78, 5) is 0. The number of hydrogen-bond donors (Lipinski definition) is 0. The predicted molar refractivity (Wildman–Crippen MR) is 2.06 cm³/mol. The van der Waals surface area contributed by atoms with Gasteiger partial charge < -0.3 is 0 Å². The fraction of sp³-hybridized carbons (Fsp3) is 0. The van der Waals surface area contributed by atoms with Crippen molar-refractivity contribution in [2.45, 2.75) is 0 Å². The van der Waals surface area contributed by atoms with Crippen LogP contribution in [0.1, 0.15) is 0 Å². The Hall–Kier alpha value is 4.47. The van der Waals surface area contributed by atoms with Crippen molar-refractivity contribution in [3.63, 3.8) is 0 Å². The van der Waals surface area contributed by atoms with Gasteiger partial charge in [-0.05, 0) is 0 Å². The van der Waals surface area contributed by atoms with E-state index in [1.165, 1.54) is 0 Å². The molecule has 0 atom stereocenters. The molecule has 0 bridgehead atoms. The van der Waals surface area contributed by atoms with Crippen molar-refractivity contribution in [1.82, 2.24) is 0 Å². The van der Waals surface area contributed by atoms with E-state index in [1.54, 1.807) is 0 Å². The molecular formula is Eu2O9Ti3. The Morgan fingerprint density at radius 2 is 0.500 bits per heavy atom. The van der Waals surface area contributed by atoms with Crippen LogP contribution in [0.5, 0.6) is 0 Å². The van der Waals surface area contributed by atoms with Crippen molar-refractivity contribution in [1.29, 1.82) is 0 Å². The van der Waals surface area contributed by atoms with Crippen LogP contribution in [0.4, 0.5) is 0 Å². The molecule has 14 heteroatoms. The van der Waals surface area contributed by atoms with Crippen LogP contribution in [0.25, 0.3) is 0 Å². The zero-order valence-corrected chi connectivity index (χ0v) is 15.5. The molecule has 0 spiro atoms. The zero-order valence-electron chi connectivity index (χ0n) is 5.93. The molecule has 14 heavy (non-hydrogen) atoms. The van der Waals surface area contributed by atoms with E-state index in [4.69, 9.17) is 32.1 Å². The molecule has 0 aliphatic carbocycles. The van der Waals surface area contributed by atoms with E-state index in [1.807, 2.05) is 0 Å². The van der Waals surface area contributed by atoms with E-state index < -0.39 is 55.8 Å². The Labute approximate surface area is 181 Å². The molecular weight excluding hydrogens is 592 g/mol. The van der Waals surface area contributed by atoms with E-state index >= 15 is 0 Å². The van der Waals surface area contributed by atoms with Crippen molar-refractivity contribution in [3.05, 3.63) is 0 Å². The van der Waals surface area contributed by atoms with Gasteiger partial charge in [0.15, 0.2) is 0 Å². The van der Waals surface area contributed by atoms with Crippen LogP contribution in [0, 0.1) is 98.8 Å². The Bertz CT molecular complexity index is 116. The molecule has 0 fully saturated rings. The van der Waals surface area contributed by atoms with Crippen LogP contribution < -0.4 is 22.1 Å². The van der Waals surface area contributed by atoms with Crippen LogP contribution in [0.2, 0.25) is 0 Å². The van der Waals surface area contributed by atoms with Gasteiger partial charge in [0.1, 0.15) is 0 Å². The minimum absolute atomic E-state index is 0. The fourth-order valence-corrected chi connectivity index (χ4v) is 0. The molecule has 0 radical (unpaired) electrons. The molecule has 0 rings (SSSR count). The summed E-state index contributed by atoms with van der Waals surface area (Å²) in [5.74, 6) is 0. The molecule has 0 amide bonds. The van der Waals surface area contributed by atoms with E-state index in [-0.39, 0.29) is 98.8 Å². The first kappa shape index (κ1) is 31.1. The SMILES string of the molecule is [Eu+3].[Eu+3].[O]=[Ti]([O-])[O-].[O]=[Ti]([O-])[O-].[O]=[Ti]([O-])[O-]. The Balaban J connectivity index is -0.0000000270. The molecule has 0 unspecified atom stereocenters. The third kappa shape index (κ3) is 197. The quantitative estimate of drug-likeness (QED) is 0.246. The average molecular weight is 592 g/mol. The van der Waals surface area contributed by atoms with E-state index in [0.717, 1.165) is 0 Å². The van der Waals surface area contributed by atoms with Crippen LogP contribution in [0.15, 0.2) is 0 Å². The van der Waals surface area contributed by atoms with E-state index in [9.17, 15) is 0 Å². The molecule has 0 aliphatic heterocycles. The first-order valence-electron chi connectivity index (χ1n) is 1.84.